The zero-order chi connectivity index (χ0) is 13.1. The molecule has 0 unspecified atom stereocenters. The SMILES string of the molecule is COc1ccc(C(=O)c2ccccc2I)cc1Br. The van der Waals surface area contributed by atoms with E-state index in [1.807, 2.05) is 24.3 Å². The standard InChI is InChI=1S/C14H10BrIO2/c1-18-13-7-6-9(8-11(13)15)14(17)10-4-2-3-5-12(10)16/h2-8H,1H3. The molecule has 0 fully saturated rings. The van der Waals surface area contributed by atoms with E-state index < -0.39 is 0 Å². The van der Waals surface area contributed by atoms with Gasteiger partial charge < -0.3 is 4.74 Å². The van der Waals surface area contributed by atoms with Crippen LogP contribution < -0.4 is 4.74 Å². The Balaban J connectivity index is 2.41. The van der Waals surface area contributed by atoms with Crippen molar-refractivity contribution in [2.75, 3.05) is 7.11 Å². The molecule has 0 saturated carbocycles. The number of ketones is 1. The molecule has 2 aromatic rings. The summed E-state index contributed by atoms with van der Waals surface area (Å²) >= 11 is 5.56. The molecule has 0 aromatic heterocycles. The van der Waals surface area contributed by atoms with E-state index in [0.29, 0.717) is 11.3 Å². The van der Waals surface area contributed by atoms with Crippen LogP contribution in [0.15, 0.2) is 46.9 Å². The van der Waals surface area contributed by atoms with Crippen LogP contribution in [0.25, 0.3) is 0 Å². The Morgan fingerprint density at radius 3 is 2.56 bits per heavy atom. The first-order valence-electron chi connectivity index (χ1n) is 5.26. The third-order valence-corrected chi connectivity index (χ3v) is 4.09. The van der Waals surface area contributed by atoms with E-state index in [9.17, 15) is 4.79 Å². The summed E-state index contributed by atoms with van der Waals surface area (Å²) in [5, 5.41) is 0. The summed E-state index contributed by atoms with van der Waals surface area (Å²) in [7, 11) is 1.60. The van der Waals surface area contributed by atoms with Gasteiger partial charge in [-0.1, -0.05) is 12.1 Å². The van der Waals surface area contributed by atoms with Crippen LogP contribution in [0.1, 0.15) is 15.9 Å². The van der Waals surface area contributed by atoms with Gasteiger partial charge in [-0.05, 0) is 68.9 Å². The molecule has 0 N–H and O–H groups in total. The van der Waals surface area contributed by atoms with Gasteiger partial charge in [0.2, 0.25) is 0 Å². The Hall–Kier alpha value is -0.880. The fraction of sp³-hybridized carbons (Fsp3) is 0.0714. The van der Waals surface area contributed by atoms with E-state index in [0.717, 1.165) is 13.6 Å². The van der Waals surface area contributed by atoms with Gasteiger partial charge in [0.05, 0.1) is 11.6 Å². The second-order valence-corrected chi connectivity index (χ2v) is 5.67. The number of benzene rings is 2. The zero-order valence-corrected chi connectivity index (χ0v) is 13.4. The molecule has 4 heteroatoms. The number of rotatable bonds is 3. The molecular weight excluding hydrogens is 407 g/mol. The first kappa shape index (κ1) is 13.5. The number of hydrogen-bond acceptors (Lipinski definition) is 2. The van der Waals surface area contributed by atoms with Gasteiger partial charge in [-0.2, -0.15) is 0 Å². The van der Waals surface area contributed by atoms with Crippen molar-refractivity contribution >= 4 is 44.3 Å². The summed E-state index contributed by atoms with van der Waals surface area (Å²) in [6, 6.07) is 12.9. The van der Waals surface area contributed by atoms with E-state index in [2.05, 4.69) is 38.5 Å². The van der Waals surface area contributed by atoms with Crippen LogP contribution >= 0.6 is 38.5 Å². The first-order chi connectivity index (χ1) is 8.63. The minimum Gasteiger partial charge on any atom is -0.496 e. The average Bonchev–Trinajstić information content (AvgIpc) is 2.38. The number of methoxy groups -OCH3 is 1. The third-order valence-electron chi connectivity index (χ3n) is 2.53. The summed E-state index contributed by atoms with van der Waals surface area (Å²) in [5.41, 5.74) is 1.36. The molecule has 0 aliphatic carbocycles. The fourth-order valence-corrected chi connectivity index (χ4v) is 2.78. The summed E-state index contributed by atoms with van der Waals surface area (Å²) in [4.78, 5) is 12.4. The Morgan fingerprint density at radius 2 is 1.94 bits per heavy atom. The highest BCUT2D eigenvalue weighted by Gasteiger charge is 2.13. The molecule has 0 aliphatic heterocycles. The van der Waals surface area contributed by atoms with Gasteiger partial charge in [-0.25, -0.2) is 0 Å². The number of halogens is 2. The lowest BCUT2D eigenvalue weighted by molar-refractivity contribution is 0.103. The molecule has 0 saturated heterocycles. The van der Waals surface area contributed by atoms with Crippen LogP contribution in [0.5, 0.6) is 5.75 Å². The van der Waals surface area contributed by atoms with Crippen molar-refractivity contribution in [1.82, 2.24) is 0 Å². The average molecular weight is 417 g/mol. The molecule has 18 heavy (non-hydrogen) atoms. The van der Waals surface area contributed by atoms with E-state index in [1.165, 1.54) is 0 Å². The fourth-order valence-electron chi connectivity index (χ4n) is 1.61. The van der Waals surface area contributed by atoms with E-state index in [-0.39, 0.29) is 5.78 Å². The molecule has 2 aromatic carbocycles. The molecule has 0 radical (unpaired) electrons. The van der Waals surface area contributed by atoms with Gasteiger partial charge in [0.15, 0.2) is 5.78 Å². The maximum absolute atomic E-state index is 12.4. The molecule has 0 heterocycles. The lowest BCUT2D eigenvalue weighted by Crippen LogP contribution is -2.03. The summed E-state index contributed by atoms with van der Waals surface area (Å²) < 4.78 is 6.88. The maximum Gasteiger partial charge on any atom is 0.194 e. The normalized spacial score (nSPS) is 10.2. The Labute approximate surface area is 128 Å². The second kappa shape index (κ2) is 5.84. The van der Waals surface area contributed by atoms with Crippen molar-refractivity contribution in [2.45, 2.75) is 0 Å². The third kappa shape index (κ3) is 2.75. The highest BCUT2D eigenvalue weighted by atomic mass is 127. The lowest BCUT2D eigenvalue weighted by atomic mass is 10.0. The Morgan fingerprint density at radius 1 is 1.22 bits per heavy atom. The van der Waals surface area contributed by atoms with Crippen LogP contribution in [0.2, 0.25) is 0 Å². The minimum atomic E-state index is 0.0170. The van der Waals surface area contributed by atoms with Crippen LogP contribution in [0.4, 0.5) is 0 Å². The second-order valence-electron chi connectivity index (χ2n) is 3.66. The van der Waals surface area contributed by atoms with Gasteiger partial charge in [-0.15, -0.1) is 0 Å². The number of ether oxygens (including phenoxy) is 1. The molecule has 0 spiro atoms. The van der Waals surface area contributed by atoms with Crippen molar-refractivity contribution < 1.29 is 9.53 Å². The quantitative estimate of drug-likeness (QED) is 0.551. The van der Waals surface area contributed by atoms with Crippen LogP contribution in [0.3, 0.4) is 0 Å². The van der Waals surface area contributed by atoms with Gasteiger partial charge in [0.1, 0.15) is 5.75 Å². The van der Waals surface area contributed by atoms with E-state index >= 15 is 0 Å². The molecule has 0 atom stereocenters. The highest BCUT2D eigenvalue weighted by molar-refractivity contribution is 14.1. The topological polar surface area (TPSA) is 26.3 Å². The zero-order valence-electron chi connectivity index (χ0n) is 9.61. The Kier molecular flexibility index (Phi) is 4.40. The van der Waals surface area contributed by atoms with Gasteiger partial charge in [-0.3, -0.25) is 4.79 Å². The molecule has 2 rings (SSSR count). The largest absolute Gasteiger partial charge is 0.496 e. The molecule has 0 amide bonds. The van der Waals surface area contributed by atoms with Crippen molar-refractivity contribution in [2.24, 2.45) is 0 Å². The molecule has 2 nitrogen and oxygen atoms in total. The smallest absolute Gasteiger partial charge is 0.194 e. The molecular formula is C14H10BrIO2. The van der Waals surface area contributed by atoms with Crippen molar-refractivity contribution in [3.63, 3.8) is 0 Å². The van der Waals surface area contributed by atoms with Gasteiger partial charge >= 0.3 is 0 Å². The summed E-state index contributed by atoms with van der Waals surface area (Å²) in [6.45, 7) is 0. The lowest BCUT2D eigenvalue weighted by Gasteiger charge is -2.07. The van der Waals surface area contributed by atoms with Crippen LogP contribution in [0, 0.1) is 3.57 Å². The van der Waals surface area contributed by atoms with Gasteiger partial charge in [0.25, 0.3) is 0 Å². The van der Waals surface area contributed by atoms with Crippen LogP contribution in [-0.4, -0.2) is 12.9 Å². The van der Waals surface area contributed by atoms with Crippen molar-refractivity contribution in [3.8, 4) is 5.75 Å². The predicted molar refractivity (Wildman–Crippen MR) is 83.3 cm³/mol. The predicted octanol–water partition coefficient (Wildman–Crippen LogP) is 4.29. The Bertz CT molecular complexity index is 596. The van der Waals surface area contributed by atoms with Crippen LogP contribution in [-0.2, 0) is 0 Å². The first-order valence-corrected chi connectivity index (χ1v) is 7.13. The maximum atomic E-state index is 12.4. The van der Waals surface area contributed by atoms with E-state index in [4.69, 9.17) is 4.74 Å². The molecule has 0 aliphatic rings. The number of hydrogen-bond donors (Lipinski definition) is 0. The monoisotopic (exact) mass is 416 g/mol. The number of carbonyl (C=O) groups is 1. The van der Waals surface area contributed by atoms with Crippen molar-refractivity contribution in [3.05, 3.63) is 61.6 Å². The summed E-state index contributed by atoms with van der Waals surface area (Å²) in [6.07, 6.45) is 0. The van der Waals surface area contributed by atoms with E-state index in [1.54, 1.807) is 25.3 Å². The van der Waals surface area contributed by atoms with Crippen molar-refractivity contribution in [1.29, 1.82) is 0 Å². The highest BCUT2D eigenvalue weighted by Crippen LogP contribution is 2.27. The van der Waals surface area contributed by atoms with Gasteiger partial charge in [0, 0.05) is 14.7 Å². The molecule has 0 bridgehead atoms. The summed E-state index contributed by atoms with van der Waals surface area (Å²) in [5.74, 6) is 0.734. The number of carbonyl (C=O) groups excluding carboxylic acids is 1. The minimum absolute atomic E-state index is 0.0170. The molecule has 92 valence electrons.